The summed E-state index contributed by atoms with van der Waals surface area (Å²) in [5.74, 6) is 0. The maximum Gasteiger partial charge on any atom is 3.00 e. The van der Waals surface area contributed by atoms with Crippen LogP contribution in [0.2, 0.25) is 0 Å². The standard InChI is InChI=1S/6C2F6NO4S2.2La.6H2O/c6*3-1(4,5)14(10,11)9-15(12,13)2(6,7)8;;;;;;;;/h;;;;;;;;6*1H2/q6*-1;2*+3;;;;;;/p+6. The number of nitrogens with zero attached hydrogens (tertiary/aromatic N) is 6. The molecule has 36 nitrogen and oxygen atoms in total. The number of hydrogen-bond acceptors (Lipinski definition) is 24. The summed E-state index contributed by atoms with van der Waals surface area (Å²) in [6, 6.07) is 0. The normalized spacial score (nSPS) is 14.1. The van der Waals surface area contributed by atoms with Crippen LogP contribution >= 0.6 is 0 Å². The van der Waals surface area contributed by atoms with Crippen molar-refractivity contribution in [2.45, 2.75) is 66.1 Å². The van der Waals surface area contributed by atoms with Crippen LogP contribution in [0.3, 0.4) is 0 Å². The molecule has 0 aliphatic carbocycles. The molecule has 0 spiro atoms. The van der Waals surface area contributed by atoms with Crippen LogP contribution in [0, 0.1) is 71.2 Å². The average molecular weight is 2070 g/mol. The van der Waals surface area contributed by atoms with E-state index in [9.17, 15) is 259 Å². The molecule has 0 aromatic carbocycles. The second-order valence-electron chi connectivity index (χ2n) is 11.5. The van der Waals surface area contributed by atoms with Crippen molar-refractivity contribution in [1.29, 1.82) is 0 Å². The van der Waals surface area contributed by atoms with Crippen molar-refractivity contribution in [3.05, 3.63) is 24.8 Å². The van der Waals surface area contributed by atoms with E-state index < -0.39 is 186 Å². The molecule has 0 saturated carbocycles. The number of hydrogen-bond donors (Lipinski definition) is 0. The van der Waals surface area contributed by atoms with E-state index in [0.717, 1.165) is 24.8 Å². The van der Waals surface area contributed by atoms with Gasteiger partial charge >= 0.3 is 137 Å². The molecule has 0 heterocycles. The van der Waals surface area contributed by atoms with Gasteiger partial charge in [0.05, 0.1) is 0 Å². The summed E-state index contributed by atoms with van der Waals surface area (Å²) in [7, 11) is -80.7. The minimum atomic E-state index is -6.72. The Morgan fingerprint density at radius 1 is 0.122 bits per heavy atom. The number of sulfonamides is 12. The second-order valence-corrected chi connectivity index (χ2v) is 32.0. The van der Waals surface area contributed by atoms with E-state index in [4.69, 9.17) is 0 Å². The van der Waals surface area contributed by atoms with E-state index >= 15 is 0 Å². The summed E-state index contributed by atoms with van der Waals surface area (Å²) < 4.78 is 655. The SMILES string of the molecule is O=S(=O)([N-]S(=O)(=O)C(F)(F)F)C(F)(F)F.O=S(=O)([N-]S(=O)(=O)C(F)(F)F)C(F)(F)F.O=S(=O)([N-]S(=O)(=O)C(F)(F)F)C(F)(F)F.O=S(=O)([N-]S(=O)(=O)C(F)(F)F)C(F)(F)F.O=S(=O)([N-]S(=O)(=O)C(F)(F)F)C(F)(F)F.O=S(=O)([N-]S(=O)(=O)C(F)(F)F)C(F)(F)F.[La+3].[La+3].[OH3+].[OH3+].[OH3+].[OH3+].[OH3+].[OH3+]. The molecule has 0 rings (SSSR count). The molecule has 0 saturated heterocycles. The van der Waals surface area contributed by atoms with Gasteiger partial charge in [-0.2, -0.15) is 158 Å². The Kier molecular flexibility index (Phi) is 51.4. The first-order valence-corrected chi connectivity index (χ1v) is 32.7. The number of alkyl halides is 36. The minimum absolute atomic E-state index is 0. The molecule has 0 fully saturated rings. The van der Waals surface area contributed by atoms with E-state index in [1.807, 2.05) is 0 Å². The molecule has 0 aromatic rings. The van der Waals surface area contributed by atoms with E-state index in [1.165, 1.54) is 0 Å². The Morgan fingerprint density at radius 3 is 0.173 bits per heavy atom. The van der Waals surface area contributed by atoms with E-state index in [2.05, 4.69) is 0 Å². The Morgan fingerprint density at radius 2 is 0.153 bits per heavy atom. The molecule has 0 unspecified atom stereocenters. The molecule has 0 aliphatic heterocycles. The van der Waals surface area contributed by atoms with Gasteiger partial charge in [-0.25, -0.2) is 101 Å². The van der Waals surface area contributed by atoms with Gasteiger partial charge < -0.3 is 57.6 Å². The molecule has 86 heteroatoms. The van der Waals surface area contributed by atoms with Crippen LogP contribution in [0.15, 0.2) is 0 Å². The fraction of sp³-hybridized carbons (Fsp3) is 1.00. The molecule has 0 atom stereocenters. The number of halogens is 36. The van der Waals surface area contributed by atoms with Crippen LogP contribution in [0.1, 0.15) is 0 Å². The van der Waals surface area contributed by atoms with Gasteiger partial charge in [0.15, 0.2) is 120 Å². The van der Waals surface area contributed by atoms with Crippen molar-refractivity contribution in [2.75, 3.05) is 0 Å². The van der Waals surface area contributed by atoms with Crippen LogP contribution in [-0.2, 0) is 153 Å². The van der Waals surface area contributed by atoms with E-state index in [1.54, 1.807) is 0 Å². The van der Waals surface area contributed by atoms with Crippen LogP contribution in [0.25, 0.3) is 24.8 Å². The Bertz CT molecular complexity index is 3000. The van der Waals surface area contributed by atoms with Gasteiger partial charge in [-0.15, -0.1) is 0 Å². The first kappa shape index (κ1) is 130. The molecule has 0 bridgehead atoms. The molecule has 0 aliphatic rings. The summed E-state index contributed by atoms with van der Waals surface area (Å²) in [5.41, 5.74) is -74.4. The van der Waals surface area contributed by atoms with Gasteiger partial charge in [-0.1, -0.05) is 0 Å². The zero-order chi connectivity index (χ0) is 76.2. The van der Waals surface area contributed by atoms with Gasteiger partial charge in [-0.05, 0) is 0 Å². The van der Waals surface area contributed by atoms with Gasteiger partial charge in [0.2, 0.25) is 0 Å². The first-order valence-electron chi connectivity index (χ1n) is 15.4. The quantitative estimate of drug-likeness (QED) is 0.193. The van der Waals surface area contributed by atoms with Crippen molar-refractivity contribution < 1.29 is 363 Å². The van der Waals surface area contributed by atoms with E-state index in [-0.39, 0.29) is 104 Å². The van der Waals surface area contributed by atoms with Crippen molar-refractivity contribution in [2.24, 2.45) is 0 Å². The average Bonchev–Trinajstić information content (AvgIpc) is 3.11. The van der Waals surface area contributed by atoms with Crippen molar-refractivity contribution in [1.82, 2.24) is 0 Å². The van der Waals surface area contributed by atoms with E-state index in [0.29, 0.717) is 0 Å². The first-order chi connectivity index (χ1) is 37.2. The third kappa shape index (κ3) is 40.9. The molecule has 600 valence electrons. The fourth-order valence-corrected chi connectivity index (χ4v) is 11.5. The van der Waals surface area contributed by atoms with Gasteiger partial charge in [0.1, 0.15) is 0 Å². The predicted octanol–water partition coefficient (Wildman–Crippen LogP) is 0.824. The van der Waals surface area contributed by atoms with Gasteiger partial charge in [0, 0.05) is 0 Å². The summed E-state index contributed by atoms with van der Waals surface area (Å²) in [5, 5.41) is 0. The molecule has 18 N–H and O–H groups in total. The van der Waals surface area contributed by atoms with Gasteiger partial charge in [-0.3, -0.25) is 0 Å². The van der Waals surface area contributed by atoms with Crippen LogP contribution in [0.4, 0.5) is 158 Å². The van der Waals surface area contributed by atoms with Crippen molar-refractivity contribution in [3.63, 3.8) is 0 Å². The monoisotopic (exact) mass is 2070 g/mol. The van der Waals surface area contributed by atoms with Crippen LogP contribution < -0.4 is 0 Å². The maximum absolute atomic E-state index is 11.4. The van der Waals surface area contributed by atoms with Crippen molar-refractivity contribution >= 4 is 120 Å². The smallest absolute Gasteiger partial charge is 0.457 e. The summed E-state index contributed by atoms with van der Waals surface area (Å²) in [6.45, 7) is 0. The maximum atomic E-state index is 11.4. The predicted molar refractivity (Wildman–Crippen MR) is 229 cm³/mol. The molecular formula is C12H18F36La2N6O30S12+6. The fourth-order valence-electron chi connectivity index (χ4n) is 1.28. The molecular weight excluding hydrogens is 2050 g/mol. The third-order valence-corrected chi connectivity index (χ3v) is 21.1. The van der Waals surface area contributed by atoms with Crippen LogP contribution in [0.5, 0.6) is 0 Å². The summed E-state index contributed by atoms with van der Waals surface area (Å²) in [6.07, 6.45) is 0. The summed E-state index contributed by atoms with van der Waals surface area (Å²) in [4.78, 5) is 0. The zero-order valence-corrected chi connectivity index (χ0v) is 58.7. The molecule has 0 radical (unpaired) electrons. The topological polar surface area (TPSA) is 692 Å². The zero-order valence-electron chi connectivity index (χ0n) is 41.6. The molecule has 0 aromatic heterocycles. The largest absolute Gasteiger partial charge is 3.00 e. The Hall–Kier alpha value is -1.21. The minimum Gasteiger partial charge on any atom is -0.457 e. The second kappa shape index (κ2) is 38.9. The summed E-state index contributed by atoms with van der Waals surface area (Å²) >= 11 is 0. The van der Waals surface area contributed by atoms with Gasteiger partial charge in [0.25, 0.3) is 0 Å². The third-order valence-electron chi connectivity index (χ3n) is 4.69. The van der Waals surface area contributed by atoms with Crippen molar-refractivity contribution in [3.8, 4) is 0 Å². The Balaban J connectivity index is -0.0000000708. The molecule has 0 amide bonds. The molecule has 98 heavy (non-hydrogen) atoms. The van der Waals surface area contributed by atoms with Crippen LogP contribution in [-0.4, -0.2) is 167 Å². The Labute approximate surface area is 569 Å². The number of rotatable bonds is 12.